The number of piperazine rings is 1. The average molecular weight is 407 g/mol. The molecular weight excluding hydrogens is 382 g/mol. The van der Waals surface area contributed by atoms with E-state index in [1.54, 1.807) is 19.5 Å². The van der Waals surface area contributed by atoms with Crippen molar-refractivity contribution in [3.63, 3.8) is 0 Å². The molecule has 4 rings (SSSR count). The maximum Gasteiger partial charge on any atom is 0.227 e. The van der Waals surface area contributed by atoms with E-state index in [9.17, 15) is 4.79 Å². The molecule has 156 valence electrons. The fourth-order valence-electron chi connectivity index (χ4n) is 3.49. The summed E-state index contributed by atoms with van der Waals surface area (Å²) in [4.78, 5) is 25.2. The zero-order valence-corrected chi connectivity index (χ0v) is 17.0. The first-order valence-corrected chi connectivity index (χ1v) is 10.1. The molecule has 1 aliphatic heterocycles. The van der Waals surface area contributed by atoms with E-state index in [1.165, 1.54) is 5.56 Å². The van der Waals surface area contributed by atoms with Crippen molar-refractivity contribution in [2.75, 3.05) is 33.3 Å². The van der Waals surface area contributed by atoms with E-state index in [4.69, 9.17) is 9.26 Å². The highest BCUT2D eigenvalue weighted by atomic mass is 16.5. The molecule has 0 unspecified atom stereocenters. The highest BCUT2D eigenvalue weighted by Gasteiger charge is 2.21. The molecule has 3 aromatic rings. The van der Waals surface area contributed by atoms with Crippen molar-refractivity contribution < 1.29 is 14.1 Å². The number of benzene rings is 1. The van der Waals surface area contributed by atoms with Crippen LogP contribution in [0.4, 0.5) is 0 Å². The molecule has 8 heteroatoms. The summed E-state index contributed by atoms with van der Waals surface area (Å²) in [5.41, 5.74) is 2.09. The molecule has 0 N–H and O–H groups in total. The molecule has 1 aromatic carbocycles. The molecule has 0 atom stereocenters. The zero-order chi connectivity index (χ0) is 20.8. The van der Waals surface area contributed by atoms with Crippen molar-refractivity contribution in [2.45, 2.75) is 19.4 Å². The van der Waals surface area contributed by atoms with Gasteiger partial charge in [0.1, 0.15) is 5.75 Å². The predicted molar refractivity (Wildman–Crippen MR) is 111 cm³/mol. The van der Waals surface area contributed by atoms with Crippen molar-refractivity contribution >= 4 is 5.91 Å². The zero-order valence-electron chi connectivity index (χ0n) is 17.0. The van der Waals surface area contributed by atoms with E-state index >= 15 is 0 Å². The number of pyridine rings is 1. The first-order chi connectivity index (χ1) is 14.7. The molecule has 1 saturated heterocycles. The van der Waals surface area contributed by atoms with Crippen LogP contribution in [0.2, 0.25) is 0 Å². The summed E-state index contributed by atoms with van der Waals surface area (Å²) in [6.07, 6.45) is 4.19. The largest absolute Gasteiger partial charge is 0.497 e. The Morgan fingerprint density at radius 2 is 1.80 bits per heavy atom. The molecule has 2 aromatic heterocycles. The van der Waals surface area contributed by atoms with Gasteiger partial charge in [-0.1, -0.05) is 17.3 Å². The number of hydrogen-bond donors (Lipinski definition) is 0. The molecule has 0 bridgehead atoms. The van der Waals surface area contributed by atoms with Crippen molar-refractivity contribution in [1.29, 1.82) is 0 Å². The molecule has 0 saturated carbocycles. The van der Waals surface area contributed by atoms with Crippen LogP contribution in [0.5, 0.6) is 5.75 Å². The molecule has 8 nitrogen and oxygen atoms in total. The lowest BCUT2D eigenvalue weighted by Crippen LogP contribution is -2.48. The van der Waals surface area contributed by atoms with Gasteiger partial charge in [-0.25, -0.2) is 0 Å². The summed E-state index contributed by atoms with van der Waals surface area (Å²) in [5, 5.41) is 3.98. The lowest BCUT2D eigenvalue weighted by molar-refractivity contribution is -0.133. The highest BCUT2D eigenvalue weighted by molar-refractivity contribution is 5.76. The Kier molecular flexibility index (Phi) is 6.34. The summed E-state index contributed by atoms with van der Waals surface area (Å²) in [6, 6.07) is 11.8. The number of methoxy groups -OCH3 is 1. The lowest BCUT2D eigenvalue weighted by atomic mass is 10.2. The minimum absolute atomic E-state index is 0.128. The van der Waals surface area contributed by atoms with Crippen molar-refractivity contribution in [3.8, 4) is 17.1 Å². The van der Waals surface area contributed by atoms with Gasteiger partial charge in [-0.3, -0.25) is 14.7 Å². The van der Waals surface area contributed by atoms with Gasteiger partial charge in [-0.2, -0.15) is 4.98 Å². The Morgan fingerprint density at radius 1 is 1.07 bits per heavy atom. The smallest absolute Gasteiger partial charge is 0.227 e. The lowest BCUT2D eigenvalue weighted by Gasteiger charge is -2.34. The van der Waals surface area contributed by atoms with Gasteiger partial charge < -0.3 is 14.2 Å². The van der Waals surface area contributed by atoms with Gasteiger partial charge in [0, 0.05) is 63.5 Å². The fourth-order valence-corrected chi connectivity index (χ4v) is 3.49. The number of carbonyl (C=O) groups is 1. The Hall–Kier alpha value is -3.26. The molecule has 1 fully saturated rings. The van der Waals surface area contributed by atoms with E-state index in [1.807, 2.05) is 29.2 Å². The number of ether oxygens (including phenoxy) is 1. The number of aryl methyl sites for hydroxylation is 1. The van der Waals surface area contributed by atoms with E-state index in [0.29, 0.717) is 24.6 Å². The third-order valence-electron chi connectivity index (χ3n) is 5.25. The maximum absolute atomic E-state index is 12.6. The topological polar surface area (TPSA) is 84.6 Å². The summed E-state index contributed by atoms with van der Waals surface area (Å²) < 4.78 is 10.5. The van der Waals surface area contributed by atoms with Gasteiger partial charge in [-0.05, 0) is 29.8 Å². The second-order valence-electron chi connectivity index (χ2n) is 7.25. The van der Waals surface area contributed by atoms with E-state index in [0.717, 1.165) is 44.0 Å². The summed E-state index contributed by atoms with van der Waals surface area (Å²) in [7, 11) is 1.67. The van der Waals surface area contributed by atoms with Crippen LogP contribution >= 0.6 is 0 Å². The predicted octanol–water partition coefficient (Wildman–Crippen LogP) is 2.42. The van der Waals surface area contributed by atoms with Crippen molar-refractivity contribution in [3.05, 3.63) is 60.2 Å². The fraction of sp³-hybridized carbons (Fsp3) is 0.364. The molecular formula is C22H25N5O3. The molecule has 1 amide bonds. The van der Waals surface area contributed by atoms with Gasteiger partial charge in [0.2, 0.25) is 17.6 Å². The molecule has 3 heterocycles. The van der Waals surface area contributed by atoms with E-state index < -0.39 is 0 Å². The van der Waals surface area contributed by atoms with Crippen LogP contribution < -0.4 is 4.74 Å². The highest BCUT2D eigenvalue weighted by Crippen LogP contribution is 2.16. The number of rotatable bonds is 7. The second kappa shape index (κ2) is 9.49. The molecule has 0 radical (unpaired) electrons. The van der Waals surface area contributed by atoms with Crippen LogP contribution in [0.1, 0.15) is 17.9 Å². The van der Waals surface area contributed by atoms with Gasteiger partial charge in [-0.15, -0.1) is 0 Å². The first kappa shape index (κ1) is 20.0. The second-order valence-corrected chi connectivity index (χ2v) is 7.25. The molecule has 1 aliphatic rings. The van der Waals surface area contributed by atoms with E-state index in [2.05, 4.69) is 32.2 Å². The van der Waals surface area contributed by atoms with Gasteiger partial charge in [0.05, 0.1) is 7.11 Å². The van der Waals surface area contributed by atoms with Crippen molar-refractivity contribution in [1.82, 2.24) is 24.9 Å². The SMILES string of the molecule is COc1ccc(CN2CCN(C(=O)CCc3nc(-c4ccncc4)no3)CC2)cc1. The van der Waals surface area contributed by atoms with Gasteiger partial charge in [0.15, 0.2) is 0 Å². The average Bonchev–Trinajstić information content (AvgIpc) is 3.28. The van der Waals surface area contributed by atoms with Crippen molar-refractivity contribution in [2.24, 2.45) is 0 Å². The number of nitrogens with zero attached hydrogens (tertiary/aromatic N) is 5. The minimum atomic E-state index is 0.128. The summed E-state index contributed by atoms with van der Waals surface area (Å²) in [5.74, 6) is 1.99. The number of carbonyl (C=O) groups excluding carboxylic acids is 1. The Balaban J connectivity index is 1.22. The van der Waals surface area contributed by atoms with Crippen LogP contribution in [0, 0.1) is 0 Å². The van der Waals surface area contributed by atoms with E-state index in [-0.39, 0.29) is 5.91 Å². The van der Waals surface area contributed by atoms with Crippen LogP contribution in [0.3, 0.4) is 0 Å². The molecule has 30 heavy (non-hydrogen) atoms. The van der Waals surface area contributed by atoms with Crippen LogP contribution in [-0.2, 0) is 17.8 Å². The molecule has 0 aliphatic carbocycles. The third kappa shape index (κ3) is 5.01. The Morgan fingerprint density at radius 3 is 2.50 bits per heavy atom. The van der Waals surface area contributed by atoms with Gasteiger partial charge >= 0.3 is 0 Å². The Bertz CT molecular complexity index is 950. The summed E-state index contributed by atoms with van der Waals surface area (Å²) >= 11 is 0. The monoisotopic (exact) mass is 407 g/mol. The number of amides is 1. The number of aromatic nitrogens is 3. The Labute approximate surface area is 175 Å². The minimum Gasteiger partial charge on any atom is -0.497 e. The van der Waals surface area contributed by atoms with Crippen LogP contribution in [0.25, 0.3) is 11.4 Å². The standard InChI is InChI=1S/C22H25N5O3/c1-29-19-4-2-17(3-5-19)16-26-12-14-27(15-13-26)21(28)7-6-20-24-22(25-30-20)18-8-10-23-11-9-18/h2-5,8-11H,6-7,12-16H2,1H3. The van der Waals surface area contributed by atoms with Crippen LogP contribution in [-0.4, -0.2) is 64.1 Å². The third-order valence-corrected chi connectivity index (χ3v) is 5.25. The quantitative estimate of drug-likeness (QED) is 0.595. The normalized spacial score (nSPS) is 14.6. The first-order valence-electron chi connectivity index (χ1n) is 10.1. The summed E-state index contributed by atoms with van der Waals surface area (Å²) in [6.45, 7) is 4.09. The molecule has 0 spiro atoms. The number of hydrogen-bond acceptors (Lipinski definition) is 7. The van der Waals surface area contributed by atoms with Crippen LogP contribution in [0.15, 0.2) is 53.3 Å². The maximum atomic E-state index is 12.6. The van der Waals surface area contributed by atoms with Gasteiger partial charge in [0.25, 0.3) is 0 Å².